The van der Waals surface area contributed by atoms with Crippen LogP contribution in [0, 0.1) is 12.8 Å². The molecule has 1 aliphatic rings. The van der Waals surface area contributed by atoms with E-state index in [4.69, 9.17) is 4.74 Å². The van der Waals surface area contributed by atoms with Crippen LogP contribution in [0.25, 0.3) is 0 Å². The maximum atomic E-state index is 12.9. The molecule has 0 bridgehead atoms. The topological polar surface area (TPSA) is 62.7 Å². The van der Waals surface area contributed by atoms with E-state index < -0.39 is 0 Å². The minimum Gasteiger partial charge on any atom is -0.497 e. The van der Waals surface area contributed by atoms with Gasteiger partial charge in [-0.05, 0) is 68.2 Å². The number of amides is 2. The van der Waals surface area contributed by atoms with E-state index in [0.29, 0.717) is 31.1 Å². The molecule has 1 fully saturated rings. The van der Waals surface area contributed by atoms with Crippen molar-refractivity contribution in [1.29, 1.82) is 0 Å². The van der Waals surface area contributed by atoms with Crippen molar-refractivity contribution in [3.05, 3.63) is 59.4 Å². The zero-order chi connectivity index (χ0) is 23.8. The van der Waals surface area contributed by atoms with E-state index >= 15 is 0 Å². The van der Waals surface area contributed by atoms with Gasteiger partial charge in [-0.25, -0.2) is 4.98 Å². The standard InChI is InChI=1S/C26H35N3O3S/c1-19-7-5-10-23(27-19)26(31)29-14-11-21(12-15-29)24(28(2)25(30)13-16-33-4)18-20-8-6-9-22(17-20)32-3/h5-10,17,21,24H,11-16,18H2,1-4H3. The molecular weight excluding hydrogens is 434 g/mol. The smallest absolute Gasteiger partial charge is 0.272 e. The van der Waals surface area contributed by atoms with Crippen LogP contribution in [-0.4, -0.2) is 71.9 Å². The lowest BCUT2D eigenvalue weighted by atomic mass is 9.84. The number of likely N-dealkylation sites (tertiary alicyclic amines) is 1. The highest BCUT2D eigenvalue weighted by Gasteiger charge is 2.33. The van der Waals surface area contributed by atoms with Crippen LogP contribution in [0.15, 0.2) is 42.5 Å². The second-order valence-corrected chi connectivity index (χ2v) is 9.65. The van der Waals surface area contributed by atoms with E-state index in [1.807, 2.05) is 54.3 Å². The summed E-state index contributed by atoms with van der Waals surface area (Å²) in [6.45, 7) is 3.26. The van der Waals surface area contributed by atoms with Gasteiger partial charge in [-0.3, -0.25) is 9.59 Å². The predicted molar refractivity (Wildman–Crippen MR) is 134 cm³/mol. The molecule has 7 heteroatoms. The number of likely N-dealkylation sites (N-methyl/N-ethyl adjacent to an activating group) is 1. The maximum absolute atomic E-state index is 12.9. The van der Waals surface area contributed by atoms with E-state index in [1.165, 1.54) is 0 Å². The normalized spacial score (nSPS) is 15.2. The van der Waals surface area contributed by atoms with Crippen molar-refractivity contribution >= 4 is 23.6 Å². The van der Waals surface area contributed by atoms with Crippen LogP contribution < -0.4 is 4.74 Å². The van der Waals surface area contributed by atoms with Gasteiger partial charge in [0.1, 0.15) is 11.4 Å². The molecule has 6 nitrogen and oxygen atoms in total. The minimum absolute atomic E-state index is 0.00843. The van der Waals surface area contributed by atoms with Gasteiger partial charge in [-0.15, -0.1) is 0 Å². The summed E-state index contributed by atoms with van der Waals surface area (Å²) >= 11 is 1.69. The molecule has 1 atom stereocenters. The Balaban J connectivity index is 1.72. The Kier molecular flexibility index (Phi) is 9.18. The average Bonchev–Trinajstić information content (AvgIpc) is 2.85. The molecule has 1 aliphatic heterocycles. The van der Waals surface area contributed by atoms with Gasteiger partial charge in [0.2, 0.25) is 5.91 Å². The first kappa shape index (κ1) is 25.1. The third-order valence-electron chi connectivity index (χ3n) is 6.47. The number of methoxy groups -OCH3 is 1. The summed E-state index contributed by atoms with van der Waals surface area (Å²) in [5.74, 6) is 2.15. The first-order chi connectivity index (χ1) is 15.9. The molecule has 33 heavy (non-hydrogen) atoms. The molecule has 2 amide bonds. The van der Waals surface area contributed by atoms with Crippen LogP contribution in [0.3, 0.4) is 0 Å². The number of ether oxygens (including phenoxy) is 1. The van der Waals surface area contributed by atoms with Crippen molar-refractivity contribution < 1.29 is 14.3 Å². The van der Waals surface area contributed by atoms with Crippen LogP contribution in [0.1, 0.15) is 41.0 Å². The summed E-state index contributed by atoms with van der Waals surface area (Å²) in [7, 11) is 3.60. The Morgan fingerprint density at radius 3 is 2.61 bits per heavy atom. The molecule has 0 radical (unpaired) electrons. The number of hydrogen-bond donors (Lipinski definition) is 0. The van der Waals surface area contributed by atoms with Crippen molar-refractivity contribution in [1.82, 2.24) is 14.8 Å². The van der Waals surface area contributed by atoms with Crippen LogP contribution in [0.5, 0.6) is 5.75 Å². The van der Waals surface area contributed by atoms with Gasteiger partial charge in [0.05, 0.1) is 7.11 Å². The number of rotatable bonds is 9. The summed E-state index contributed by atoms with van der Waals surface area (Å²) in [6, 6.07) is 13.7. The Hall–Kier alpha value is -2.54. The molecule has 1 aromatic heterocycles. The predicted octanol–water partition coefficient (Wildman–Crippen LogP) is 4.07. The molecule has 1 saturated heterocycles. The summed E-state index contributed by atoms with van der Waals surface area (Å²) in [5, 5.41) is 0. The highest BCUT2D eigenvalue weighted by molar-refractivity contribution is 7.98. The van der Waals surface area contributed by atoms with Gasteiger partial charge in [-0.2, -0.15) is 11.8 Å². The monoisotopic (exact) mass is 469 g/mol. The van der Waals surface area contributed by atoms with Crippen molar-refractivity contribution in [2.75, 3.05) is 39.3 Å². The van der Waals surface area contributed by atoms with Crippen LogP contribution >= 0.6 is 11.8 Å². The van der Waals surface area contributed by atoms with E-state index in [1.54, 1.807) is 24.9 Å². The number of aromatic nitrogens is 1. The highest BCUT2D eigenvalue weighted by atomic mass is 32.2. The van der Waals surface area contributed by atoms with Gasteiger partial charge >= 0.3 is 0 Å². The second kappa shape index (κ2) is 12.1. The first-order valence-electron chi connectivity index (χ1n) is 11.5. The van der Waals surface area contributed by atoms with Gasteiger partial charge in [0.25, 0.3) is 5.91 Å². The average molecular weight is 470 g/mol. The Bertz CT molecular complexity index is 944. The zero-order valence-electron chi connectivity index (χ0n) is 20.1. The third-order valence-corrected chi connectivity index (χ3v) is 7.08. The largest absolute Gasteiger partial charge is 0.497 e. The molecule has 0 aliphatic carbocycles. The van der Waals surface area contributed by atoms with Gasteiger partial charge in [0.15, 0.2) is 0 Å². The molecule has 2 heterocycles. The number of aryl methyl sites for hydroxylation is 1. The number of carbonyl (C=O) groups excluding carboxylic acids is 2. The number of hydrogen-bond acceptors (Lipinski definition) is 5. The van der Waals surface area contributed by atoms with Crippen LogP contribution in [0.4, 0.5) is 0 Å². The van der Waals surface area contributed by atoms with Crippen LogP contribution in [0.2, 0.25) is 0 Å². The van der Waals surface area contributed by atoms with E-state index in [-0.39, 0.29) is 17.9 Å². The lowest BCUT2D eigenvalue weighted by Gasteiger charge is -2.40. The van der Waals surface area contributed by atoms with Gasteiger partial charge in [-0.1, -0.05) is 18.2 Å². The van der Waals surface area contributed by atoms with Crippen molar-refractivity contribution in [2.45, 2.75) is 38.6 Å². The molecule has 1 aromatic carbocycles. The fourth-order valence-corrected chi connectivity index (χ4v) is 4.90. The van der Waals surface area contributed by atoms with Crippen molar-refractivity contribution in [2.24, 2.45) is 5.92 Å². The van der Waals surface area contributed by atoms with Gasteiger partial charge < -0.3 is 14.5 Å². The zero-order valence-corrected chi connectivity index (χ0v) is 20.9. The number of piperidine rings is 1. The Morgan fingerprint density at radius 1 is 1.21 bits per heavy atom. The molecule has 0 N–H and O–H groups in total. The van der Waals surface area contributed by atoms with Gasteiger partial charge in [0, 0.05) is 44.0 Å². The summed E-state index contributed by atoms with van der Waals surface area (Å²) < 4.78 is 5.40. The number of benzene rings is 1. The Morgan fingerprint density at radius 2 is 1.94 bits per heavy atom. The highest BCUT2D eigenvalue weighted by Crippen LogP contribution is 2.28. The Labute approximate surface area is 201 Å². The number of pyridine rings is 1. The van der Waals surface area contributed by atoms with E-state index in [9.17, 15) is 9.59 Å². The number of carbonyl (C=O) groups is 2. The molecule has 2 aromatic rings. The van der Waals surface area contributed by atoms with E-state index in [2.05, 4.69) is 17.1 Å². The molecule has 0 spiro atoms. The maximum Gasteiger partial charge on any atom is 0.272 e. The lowest BCUT2D eigenvalue weighted by Crippen LogP contribution is -2.48. The van der Waals surface area contributed by atoms with Crippen molar-refractivity contribution in [3.63, 3.8) is 0 Å². The number of nitrogens with zero attached hydrogens (tertiary/aromatic N) is 3. The fraction of sp³-hybridized carbons (Fsp3) is 0.500. The minimum atomic E-state index is -0.00843. The molecule has 1 unspecified atom stereocenters. The van der Waals surface area contributed by atoms with E-state index in [0.717, 1.165) is 42.0 Å². The number of thioether (sulfide) groups is 1. The third kappa shape index (κ3) is 6.73. The SMILES string of the molecule is COc1cccc(CC(C2CCN(C(=O)c3cccc(C)n3)CC2)N(C)C(=O)CCSC)c1. The summed E-state index contributed by atoms with van der Waals surface area (Å²) in [4.78, 5) is 34.1. The summed E-state index contributed by atoms with van der Waals surface area (Å²) in [5.41, 5.74) is 2.51. The van der Waals surface area contributed by atoms with Crippen LogP contribution in [-0.2, 0) is 11.2 Å². The van der Waals surface area contributed by atoms with Crippen molar-refractivity contribution in [3.8, 4) is 5.75 Å². The molecule has 178 valence electrons. The lowest BCUT2D eigenvalue weighted by molar-refractivity contribution is -0.132. The molecular formula is C26H35N3O3S. The molecule has 0 saturated carbocycles. The second-order valence-electron chi connectivity index (χ2n) is 8.66. The first-order valence-corrected chi connectivity index (χ1v) is 12.9. The molecule has 3 rings (SSSR count). The fourth-order valence-electron chi connectivity index (χ4n) is 4.52. The summed E-state index contributed by atoms with van der Waals surface area (Å²) in [6.07, 6.45) is 5.08. The quantitative estimate of drug-likeness (QED) is 0.554.